The zero-order valence-corrected chi connectivity index (χ0v) is 22.1. The summed E-state index contributed by atoms with van der Waals surface area (Å²) >= 11 is 0. The number of rotatable bonds is 18. The van der Waals surface area contributed by atoms with Crippen molar-refractivity contribution in [3.05, 3.63) is 115 Å². The molecule has 0 spiro atoms. The van der Waals surface area contributed by atoms with E-state index in [-0.39, 0.29) is 0 Å². The average molecular weight is 520 g/mol. The van der Waals surface area contributed by atoms with Gasteiger partial charge < -0.3 is 29.4 Å². The molecule has 0 unspecified atom stereocenters. The van der Waals surface area contributed by atoms with Crippen LogP contribution in [0.4, 0.5) is 11.4 Å². The highest BCUT2D eigenvalue weighted by Gasteiger charge is 2.02. The van der Waals surface area contributed by atoms with Crippen molar-refractivity contribution in [2.75, 3.05) is 50.2 Å². The Hall–Kier alpha value is -3.71. The van der Waals surface area contributed by atoms with Gasteiger partial charge in [0.15, 0.2) is 0 Å². The fraction of sp³-hybridized carbons (Fsp3) is 0.226. The first-order valence-corrected chi connectivity index (χ1v) is 13.2. The van der Waals surface area contributed by atoms with Gasteiger partial charge in [0.1, 0.15) is 12.4 Å². The van der Waals surface area contributed by atoms with Gasteiger partial charge in [-0.3, -0.25) is 0 Å². The predicted molar refractivity (Wildman–Crippen MR) is 161 cm³/mol. The van der Waals surface area contributed by atoms with E-state index in [0.717, 1.165) is 46.7 Å². The third-order valence-corrected chi connectivity index (χ3v) is 5.71. The number of anilines is 2. The molecule has 4 rings (SSSR count). The van der Waals surface area contributed by atoms with Crippen molar-refractivity contribution < 1.29 is 18.8 Å². The highest BCUT2D eigenvalue weighted by atomic mass is 16.5. The zero-order valence-electron chi connectivity index (χ0n) is 22.1. The van der Waals surface area contributed by atoms with Crippen LogP contribution in [0, 0.1) is 0 Å². The maximum atomic E-state index is 5.79. The number of hydrogen-bond donors (Lipinski definition) is 2. The standard InChI is InChI=1S/C31H34B2N2O4/c1-3-7-29(8-4-1)34-19-21-38-32-27-13-11-26(12-14-27)25-36-23-24-37-31-17-15-28(16-18-31)33-39-22-20-35-30-9-5-2-6-10-30/h1-18,34-35H,19-25H2. The molecular weight excluding hydrogens is 486 g/mol. The van der Waals surface area contributed by atoms with Crippen LogP contribution in [0.1, 0.15) is 5.56 Å². The van der Waals surface area contributed by atoms with Gasteiger partial charge in [-0.25, -0.2) is 0 Å². The van der Waals surface area contributed by atoms with Crippen LogP contribution in [0.25, 0.3) is 0 Å². The van der Waals surface area contributed by atoms with Gasteiger partial charge in [-0.15, -0.1) is 0 Å². The molecule has 2 N–H and O–H groups in total. The van der Waals surface area contributed by atoms with Crippen LogP contribution in [0.2, 0.25) is 0 Å². The maximum absolute atomic E-state index is 5.79. The number of nitrogens with one attached hydrogen (secondary N) is 2. The van der Waals surface area contributed by atoms with Crippen molar-refractivity contribution >= 4 is 37.3 Å². The van der Waals surface area contributed by atoms with Crippen LogP contribution in [-0.4, -0.2) is 54.5 Å². The van der Waals surface area contributed by atoms with E-state index in [1.54, 1.807) is 15.0 Å². The van der Waals surface area contributed by atoms with Crippen molar-refractivity contribution in [1.29, 1.82) is 0 Å². The lowest BCUT2D eigenvalue weighted by Crippen LogP contribution is -2.21. The first kappa shape index (κ1) is 28.3. The third kappa shape index (κ3) is 11.3. The number of ether oxygens (including phenoxy) is 2. The van der Waals surface area contributed by atoms with Gasteiger partial charge >= 0.3 is 15.0 Å². The fourth-order valence-corrected chi connectivity index (χ4v) is 3.67. The van der Waals surface area contributed by atoms with Gasteiger partial charge in [-0.05, 0) is 42.0 Å². The molecule has 6 nitrogen and oxygen atoms in total. The Kier molecular flexibility index (Phi) is 12.3. The Labute approximate surface area is 233 Å². The first-order chi connectivity index (χ1) is 19.3. The average Bonchev–Trinajstić information content (AvgIpc) is 2.99. The van der Waals surface area contributed by atoms with E-state index >= 15 is 0 Å². The summed E-state index contributed by atoms with van der Waals surface area (Å²) in [4.78, 5) is 0. The number of para-hydroxylation sites is 2. The molecule has 0 heterocycles. The van der Waals surface area contributed by atoms with Crippen LogP contribution in [0.3, 0.4) is 0 Å². The second-order valence-corrected chi connectivity index (χ2v) is 8.77. The van der Waals surface area contributed by atoms with E-state index in [9.17, 15) is 0 Å². The molecule has 0 aliphatic heterocycles. The highest BCUT2D eigenvalue weighted by molar-refractivity contribution is 6.47. The molecule has 4 aromatic rings. The quantitative estimate of drug-likeness (QED) is 0.153. The Balaban J connectivity index is 1.01. The molecule has 0 amide bonds. The van der Waals surface area contributed by atoms with E-state index in [4.69, 9.17) is 18.8 Å². The normalized spacial score (nSPS) is 10.6. The van der Waals surface area contributed by atoms with Crippen LogP contribution < -0.4 is 26.3 Å². The summed E-state index contributed by atoms with van der Waals surface area (Å²) in [6.45, 7) is 4.22. The van der Waals surface area contributed by atoms with Gasteiger partial charge in [0, 0.05) is 37.7 Å². The Morgan fingerprint density at radius 2 is 1.03 bits per heavy atom. The summed E-state index contributed by atoms with van der Waals surface area (Å²) in [6.07, 6.45) is 0. The molecule has 0 saturated carbocycles. The molecule has 0 aliphatic carbocycles. The Bertz CT molecular complexity index is 1090. The van der Waals surface area contributed by atoms with E-state index in [1.165, 1.54) is 0 Å². The molecule has 2 radical (unpaired) electrons. The summed E-state index contributed by atoms with van der Waals surface area (Å²) in [5, 5.41) is 6.64. The monoisotopic (exact) mass is 520 g/mol. The second-order valence-electron chi connectivity index (χ2n) is 8.77. The van der Waals surface area contributed by atoms with E-state index < -0.39 is 0 Å². The van der Waals surface area contributed by atoms with Crippen molar-refractivity contribution in [2.24, 2.45) is 0 Å². The van der Waals surface area contributed by atoms with Crippen molar-refractivity contribution in [2.45, 2.75) is 6.61 Å². The summed E-state index contributed by atoms with van der Waals surface area (Å²) < 4.78 is 22.8. The largest absolute Gasteiger partial charge is 0.491 e. The van der Waals surface area contributed by atoms with Crippen molar-refractivity contribution in [3.8, 4) is 5.75 Å². The minimum Gasteiger partial charge on any atom is -0.491 e. The predicted octanol–water partition coefficient (Wildman–Crippen LogP) is 4.03. The molecule has 0 bridgehead atoms. The van der Waals surface area contributed by atoms with Gasteiger partial charge in [0.05, 0.1) is 13.2 Å². The van der Waals surface area contributed by atoms with Crippen LogP contribution in [-0.2, 0) is 20.7 Å². The molecular formula is C31H34B2N2O4. The molecule has 39 heavy (non-hydrogen) atoms. The topological polar surface area (TPSA) is 61.0 Å². The van der Waals surface area contributed by atoms with E-state index in [2.05, 4.69) is 10.6 Å². The van der Waals surface area contributed by atoms with Gasteiger partial charge in [0.25, 0.3) is 0 Å². The number of benzene rings is 4. The lowest BCUT2D eigenvalue weighted by atomic mass is 9.87. The molecule has 8 heteroatoms. The van der Waals surface area contributed by atoms with E-state index in [1.807, 2.05) is 109 Å². The first-order valence-electron chi connectivity index (χ1n) is 13.2. The molecule has 198 valence electrons. The molecule has 0 aliphatic rings. The molecule has 0 aromatic heterocycles. The van der Waals surface area contributed by atoms with Gasteiger partial charge in [0.2, 0.25) is 0 Å². The van der Waals surface area contributed by atoms with E-state index in [0.29, 0.717) is 33.0 Å². The minimum absolute atomic E-state index is 0.488. The van der Waals surface area contributed by atoms with Crippen LogP contribution in [0.5, 0.6) is 5.75 Å². The Morgan fingerprint density at radius 3 is 1.56 bits per heavy atom. The van der Waals surface area contributed by atoms with Gasteiger partial charge in [-0.2, -0.15) is 0 Å². The third-order valence-electron chi connectivity index (χ3n) is 5.71. The van der Waals surface area contributed by atoms with Crippen LogP contribution >= 0.6 is 0 Å². The maximum Gasteiger partial charge on any atom is 0.330 e. The molecule has 0 atom stereocenters. The minimum atomic E-state index is 0.488. The fourth-order valence-electron chi connectivity index (χ4n) is 3.67. The molecule has 0 fully saturated rings. The zero-order chi connectivity index (χ0) is 26.8. The highest BCUT2D eigenvalue weighted by Crippen LogP contribution is 2.08. The SMILES string of the molecule is [B](OCCNc1ccccc1)c1ccc(COCCOc2ccc([B]OCCNc3ccccc3)cc2)cc1. The lowest BCUT2D eigenvalue weighted by molar-refractivity contribution is 0.0889. The second kappa shape index (κ2) is 17.0. The lowest BCUT2D eigenvalue weighted by Gasteiger charge is -2.09. The summed E-state index contributed by atoms with van der Waals surface area (Å²) in [5.41, 5.74) is 5.31. The van der Waals surface area contributed by atoms with Gasteiger partial charge in [-0.1, -0.05) is 83.7 Å². The smallest absolute Gasteiger partial charge is 0.330 e. The Morgan fingerprint density at radius 1 is 0.513 bits per heavy atom. The molecule has 4 aromatic carbocycles. The summed E-state index contributed by atoms with van der Waals surface area (Å²) in [6, 6.07) is 36.2. The summed E-state index contributed by atoms with van der Waals surface area (Å²) in [5.74, 6) is 0.806. The van der Waals surface area contributed by atoms with Crippen molar-refractivity contribution in [3.63, 3.8) is 0 Å². The number of hydrogen-bond acceptors (Lipinski definition) is 6. The van der Waals surface area contributed by atoms with Crippen molar-refractivity contribution in [1.82, 2.24) is 0 Å². The van der Waals surface area contributed by atoms with Crippen LogP contribution in [0.15, 0.2) is 109 Å². The summed E-state index contributed by atoms with van der Waals surface area (Å²) in [7, 11) is 3.54. The molecule has 0 saturated heterocycles.